The second kappa shape index (κ2) is 5.69. The molecule has 0 bridgehead atoms. The Morgan fingerprint density at radius 1 is 1.50 bits per heavy atom. The molecule has 1 aromatic heterocycles. The third-order valence-corrected chi connectivity index (χ3v) is 2.61. The third-order valence-electron chi connectivity index (χ3n) is 2.38. The van der Waals surface area contributed by atoms with Gasteiger partial charge in [-0.1, -0.05) is 23.7 Å². The highest BCUT2D eigenvalue weighted by molar-refractivity contribution is 6.30. The Morgan fingerprint density at radius 2 is 2.33 bits per heavy atom. The van der Waals surface area contributed by atoms with Gasteiger partial charge in [-0.25, -0.2) is 4.79 Å². The third kappa shape index (κ3) is 3.11. The van der Waals surface area contributed by atoms with Crippen LogP contribution in [0.15, 0.2) is 36.7 Å². The zero-order valence-corrected chi connectivity index (χ0v) is 10.7. The quantitative estimate of drug-likeness (QED) is 0.798. The predicted molar refractivity (Wildman–Crippen MR) is 68.7 cm³/mol. The van der Waals surface area contributed by atoms with Crippen LogP contribution in [0.25, 0.3) is 0 Å². The van der Waals surface area contributed by atoms with E-state index < -0.39 is 0 Å². The summed E-state index contributed by atoms with van der Waals surface area (Å²) < 4.78 is 6.58. The lowest BCUT2D eigenvalue weighted by atomic mass is 10.2. The maximum Gasteiger partial charge on any atom is 0.341 e. The summed E-state index contributed by atoms with van der Waals surface area (Å²) >= 11 is 5.90. The van der Waals surface area contributed by atoms with Gasteiger partial charge < -0.3 is 4.74 Å². The highest BCUT2D eigenvalue weighted by atomic mass is 35.5. The molecule has 0 fully saturated rings. The molecule has 0 radical (unpaired) electrons. The zero-order valence-electron chi connectivity index (χ0n) is 9.97. The summed E-state index contributed by atoms with van der Waals surface area (Å²) in [6.45, 7) is 2.70. The molecule has 5 heteroatoms. The van der Waals surface area contributed by atoms with Crippen LogP contribution in [0.5, 0.6) is 0 Å². The molecule has 1 heterocycles. The van der Waals surface area contributed by atoms with Gasteiger partial charge in [-0.2, -0.15) is 5.10 Å². The topological polar surface area (TPSA) is 44.1 Å². The zero-order chi connectivity index (χ0) is 13.0. The summed E-state index contributed by atoms with van der Waals surface area (Å²) in [5, 5.41) is 4.80. The monoisotopic (exact) mass is 264 g/mol. The summed E-state index contributed by atoms with van der Waals surface area (Å²) in [5.74, 6) is -0.352. The van der Waals surface area contributed by atoms with Crippen LogP contribution in [0.3, 0.4) is 0 Å². The van der Waals surface area contributed by atoms with Crippen molar-refractivity contribution in [2.24, 2.45) is 0 Å². The fraction of sp³-hybridized carbons (Fsp3) is 0.231. The Morgan fingerprint density at radius 3 is 3.06 bits per heavy atom. The molecule has 0 atom stereocenters. The van der Waals surface area contributed by atoms with Crippen molar-refractivity contribution in [1.29, 1.82) is 0 Å². The van der Waals surface area contributed by atoms with E-state index in [1.165, 1.54) is 6.20 Å². The maximum absolute atomic E-state index is 11.5. The lowest BCUT2D eigenvalue weighted by Gasteiger charge is -2.02. The van der Waals surface area contributed by atoms with Crippen LogP contribution in [-0.4, -0.2) is 22.4 Å². The van der Waals surface area contributed by atoms with Gasteiger partial charge in [0.1, 0.15) is 0 Å². The molecule has 0 saturated heterocycles. The standard InChI is InChI=1S/C13H13ClN2O2/c1-2-18-13(17)11-7-15-16(9-11)8-10-4-3-5-12(14)6-10/h3-7,9H,2,8H2,1H3. The van der Waals surface area contributed by atoms with Gasteiger partial charge in [-0.3, -0.25) is 4.68 Å². The first kappa shape index (κ1) is 12.6. The van der Waals surface area contributed by atoms with Gasteiger partial charge >= 0.3 is 5.97 Å². The molecule has 0 aliphatic rings. The first-order valence-corrected chi connectivity index (χ1v) is 6.01. The fourth-order valence-corrected chi connectivity index (χ4v) is 1.81. The molecule has 2 rings (SSSR count). The van der Waals surface area contributed by atoms with Gasteiger partial charge in [-0.15, -0.1) is 0 Å². The number of ether oxygens (including phenoxy) is 1. The minimum atomic E-state index is -0.352. The van der Waals surface area contributed by atoms with Crippen molar-refractivity contribution < 1.29 is 9.53 Å². The normalized spacial score (nSPS) is 10.3. The van der Waals surface area contributed by atoms with Crippen molar-refractivity contribution in [3.63, 3.8) is 0 Å². The Labute approximate surface area is 110 Å². The van der Waals surface area contributed by atoms with Gasteiger partial charge in [-0.05, 0) is 24.6 Å². The molecule has 0 aliphatic heterocycles. The van der Waals surface area contributed by atoms with Crippen LogP contribution in [0.1, 0.15) is 22.8 Å². The van der Waals surface area contributed by atoms with E-state index in [-0.39, 0.29) is 5.97 Å². The van der Waals surface area contributed by atoms with Crippen LogP contribution in [-0.2, 0) is 11.3 Å². The van der Waals surface area contributed by atoms with E-state index in [4.69, 9.17) is 16.3 Å². The van der Waals surface area contributed by atoms with Crippen LogP contribution in [0.4, 0.5) is 0 Å². The number of halogens is 1. The highest BCUT2D eigenvalue weighted by Crippen LogP contribution is 2.12. The van der Waals surface area contributed by atoms with Crippen molar-refractivity contribution in [3.05, 3.63) is 52.8 Å². The van der Waals surface area contributed by atoms with E-state index in [2.05, 4.69) is 5.10 Å². The molecular weight excluding hydrogens is 252 g/mol. The molecule has 0 spiro atoms. The van der Waals surface area contributed by atoms with Crippen LogP contribution in [0.2, 0.25) is 5.02 Å². The Kier molecular flexibility index (Phi) is 3.99. The van der Waals surface area contributed by atoms with Crippen LogP contribution in [0, 0.1) is 0 Å². The number of esters is 1. The summed E-state index contributed by atoms with van der Waals surface area (Å²) in [7, 11) is 0. The maximum atomic E-state index is 11.5. The van der Waals surface area contributed by atoms with E-state index in [1.807, 2.05) is 24.3 Å². The number of aromatic nitrogens is 2. The number of hydrogen-bond donors (Lipinski definition) is 0. The molecule has 1 aromatic carbocycles. The van der Waals surface area contributed by atoms with E-state index in [0.29, 0.717) is 23.7 Å². The summed E-state index contributed by atoms with van der Waals surface area (Å²) in [4.78, 5) is 11.5. The van der Waals surface area contributed by atoms with Crippen molar-refractivity contribution >= 4 is 17.6 Å². The minimum absolute atomic E-state index is 0.352. The second-order valence-electron chi connectivity index (χ2n) is 3.78. The smallest absolute Gasteiger partial charge is 0.341 e. The van der Waals surface area contributed by atoms with Gasteiger partial charge in [0.05, 0.1) is 24.9 Å². The molecule has 2 aromatic rings. The number of carbonyl (C=O) groups excluding carboxylic acids is 1. The molecule has 0 N–H and O–H groups in total. The van der Waals surface area contributed by atoms with Crippen molar-refractivity contribution in [2.45, 2.75) is 13.5 Å². The lowest BCUT2D eigenvalue weighted by molar-refractivity contribution is 0.0526. The number of benzene rings is 1. The molecule has 94 valence electrons. The first-order valence-electron chi connectivity index (χ1n) is 5.63. The SMILES string of the molecule is CCOC(=O)c1cnn(Cc2cccc(Cl)c2)c1. The van der Waals surface area contributed by atoms with E-state index in [0.717, 1.165) is 5.56 Å². The van der Waals surface area contributed by atoms with Gasteiger partial charge in [0.15, 0.2) is 0 Å². The highest BCUT2D eigenvalue weighted by Gasteiger charge is 2.09. The van der Waals surface area contributed by atoms with E-state index in [1.54, 1.807) is 17.8 Å². The Bertz CT molecular complexity index is 551. The summed E-state index contributed by atoms with van der Waals surface area (Å²) in [5.41, 5.74) is 1.49. The number of nitrogens with zero attached hydrogens (tertiary/aromatic N) is 2. The van der Waals surface area contributed by atoms with E-state index in [9.17, 15) is 4.79 Å². The first-order chi connectivity index (χ1) is 8.69. The number of hydrogen-bond acceptors (Lipinski definition) is 3. The van der Waals surface area contributed by atoms with Crippen LogP contribution >= 0.6 is 11.6 Å². The molecule has 0 amide bonds. The minimum Gasteiger partial charge on any atom is -0.462 e. The fourth-order valence-electron chi connectivity index (χ4n) is 1.59. The predicted octanol–water partition coefficient (Wildman–Crippen LogP) is 2.76. The molecular formula is C13H13ClN2O2. The summed E-state index contributed by atoms with van der Waals surface area (Å²) in [6.07, 6.45) is 3.17. The molecule has 0 saturated carbocycles. The van der Waals surface area contributed by atoms with Crippen molar-refractivity contribution in [1.82, 2.24) is 9.78 Å². The van der Waals surface area contributed by atoms with Crippen molar-refractivity contribution in [3.8, 4) is 0 Å². The van der Waals surface area contributed by atoms with Gasteiger partial charge in [0.2, 0.25) is 0 Å². The van der Waals surface area contributed by atoms with Gasteiger partial charge in [0, 0.05) is 11.2 Å². The largest absolute Gasteiger partial charge is 0.462 e. The van der Waals surface area contributed by atoms with Crippen molar-refractivity contribution in [2.75, 3.05) is 6.61 Å². The van der Waals surface area contributed by atoms with E-state index >= 15 is 0 Å². The second-order valence-corrected chi connectivity index (χ2v) is 4.21. The average Bonchev–Trinajstić information content (AvgIpc) is 2.78. The number of carbonyl (C=O) groups is 1. The van der Waals surface area contributed by atoms with Crippen LogP contribution < -0.4 is 0 Å². The molecule has 0 unspecified atom stereocenters. The Hall–Kier alpha value is -1.81. The number of rotatable bonds is 4. The van der Waals surface area contributed by atoms with Gasteiger partial charge in [0.25, 0.3) is 0 Å². The molecule has 18 heavy (non-hydrogen) atoms. The molecule has 0 aliphatic carbocycles. The lowest BCUT2D eigenvalue weighted by Crippen LogP contribution is -2.04. The summed E-state index contributed by atoms with van der Waals surface area (Å²) in [6, 6.07) is 7.52. The Balaban J connectivity index is 2.09. The molecule has 4 nitrogen and oxygen atoms in total. The average molecular weight is 265 g/mol.